The van der Waals surface area contributed by atoms with E-state index in [0.717, 1.165) is 5.56 Å². The maximum absolute atomic E-state index is 16.5. The van der Waals surface area contributed by atoms with E-state index >= 15 is 13.2 Å². The van der Waals surface area contributed by atoms with Crippen molar-refractivity contribution in [1.82, 2.24) is 19.7 Å². The molecule has 0 radical (unpaired) electrons. The van der Waals surface area contributed by atoms with Crippen LogP contribution in [0.25, 0.3) is 11.3 Å². The van der Waals surface area contributed by atoms with E-state index in [9.17, 15) is 13.2 Å². The number of aromatic amines is 1. The Hall–Kier alpha value is -4.02. The highest BCUT2D eigenvalue weighted by Gasteiger charge is 2.56. The Labute approximate surface area is 231 Å². The van der Waals surface area contributed by atoms with Crippen molar-refractivity contribution in [3.8, 4) is 5.69 Å². The summed E-state index contributed by atoms with van der Waals surface area (Å²) >= 11 is 0. The maximum Gasteiger partial charge on any atom is 0.417 e. The van der Waals surface area contributed by atoms with Crippen LogP contribution in [0.15, 0.2) is 48.6 Å². The van der Waals surface area contributed by atoms with E-state index in [1.54, 1.807) is 23.2 Å². The van der Waals surface area contributed by atoms with E-state index in [-0.39, 0.29) is 30.2 Å². The molecule has 0 spiro atoms. The van der Waals surface area contributed by atoms with Gasteiger partial charge in [-0.15, -0.1) is 0 Å². The number of nitrogens with one attached hydrogen (secondary N) is 1. The molecule has 3 aliphatic rings. The van der Waals surface area contributed by atoms with Gasteiger partial charge in [0.25, 0.3) is 0 Å². The van der Waals surface area contributed by atoms with Crippen LogP contribution in [0, 0.1) is 5.82 Å². The van der Waals surface area contributed by atoms with E-state index in [0.29, 0.717) is 58.9 Å². The van der Waals surface area contributed by atoms with Crippen LogP contribution in [0.4, 0.5) is 32.2 Å². The molecule has 11 heteroatoms. The normalized spacial score (nSPS) is 23.1. The second kappa shape index (κ2) is 8.27. The summed E-state index contributed by atoms with van der Waals surface area (Å²) < 4.78 is 88.9. The third-order valence-electron chi connectivity index (χ3n) is 8.82. The second-order valence-corrected chi connectivity index (χ2v) is 11.1. The summed E-state index contributed by atoms with van der Waals surface area (Å²) in [6.45, 7) is 5.38. The molecule has 0 bridgehead atoms. The molecule has 5 heterocycles. The molecule has 212 valence electrons. The van der Waals surface area contributed by atoms with Crippen molar-refractivity contribution in [2.45, 2.75) is 57.4 Å². The van der Waals surface area contributed by atoms with Gasteiger partial charge in [-0.25, -0.2) is 22.8 Å². The van der Waals surface area contributed by atoms with Crippen LogP contribution in [0.3, 0.4) is 0 Å². The van der Waals surface area contributed by atoms with Crippen LogP contribution in [-0.2, 0) is 36.6 Å². The predicted octanol–water partition coefficient (Wildman–Crippen LogP) is 7.08. The highest BCUT2D eigenvalue weighted by Crippen LogP contribution is 2.60. The average molecular weight is 570 g/mol. The summed E-state index contributed by atoms with van der Waals surface area (Å²) in [4.78, 5) is 8.32. The molecular weight excluding hydrogens is 544 g/mol. The number of rotatable bonds is 2. The number of halogens is 6. The summed E-state index contributed by atoms with van der Waals surface area (Å²) in [5.41, 5.74) is 0.315. The average Bonchev–Trinajstić information content (AvgIpc) is 3.58. The largest absolute Gasteiger partial charge is 0.417 e. The number of hydrogen-bond donors (Lipinski definition) is 1. The van der Waals surface area contributed by atoms with Gasteiger partial charge in [-0.3, -0.25) is 0 Å². The van der Waals surface area contributed by atoms with Crippen molar-refractivity contribution in [2.24, 2.45) is 0 Å². The van der Waals surface area contributed by atoms with Crippen LogP contribution in [0.2, 0.25) is 0 Å². The summed E-state index contributed by atoms with van der Waals surface area (Å²) in [6, 6.07) is 7.73. The molecule has 0 saturated heterocycles. The highest BCUT2D eigenvalue weighted by molar-refractivity contribution is 5.90. The lowest BCUT2D eigenvalue weighted by atomic mass is 9.62. The Morgan fingerprint density at radius 1 is 1.12 bits per heavy atom. The topological polar surface area (TPSA) is 49.7 Å². The summed E-state index contributed by atoms with van der Waals surface area (Å²) in [7, 11) is 0. The minimum absolute atomic E-state index is 0.0840. The first-order chi connectivity index (χ1) is 19.4. The van der Waals surface area contributed by atoms with Gasteiger partial charge in [0, 0.05) is 48.6 Å². The van der Waals surface area contributed by atoms with E-state index in [4.69, 9.17) is 5.10 Å². The van der Waals surface area contributed by atoms with Crippen LogP contribution in [0.5, 0.6) is 0 Å². The van der Waals surface area contributed by atoms with Gasteiger partial charge < -0.3 is 9.88 Å². The molecule has 1 N–H and O–H groups in total. The number of alkyl halides is 4. The first kappa shape index (κ1) is 25.9. The number of pyridine rings is 1. The minimum atomic E-state index is -4.72. The molecule has 4 aromatic rings. The summed E-state index contributed by atoms with van der Waals surface area (Å²) in [5, 5.41) is 4.97. The zero-order valence-electron chi connectivity index (χ0n) is 22.4. The lowest BCUT2D eigenvalue weighted by Gasteiger charge is -2.45. The fourth-order valence-corrected chi connectivity index (χ4v) is 6.88. The first-order valence-corrected chi connectivity index (χ1v) is 13.4. The first-order valence-electron chi connectivity index (χ1n) is 13.4. The number of benzene rings is 1. The second-order valence-electron chi connectivity index (χ2n) is 11.1. The molecule has 7 rings (SSSR count). The zero-order valence-corrected chi connectivity index (χ0v) is 22.4. The number of fused-ring (bicyclic) bond motifs is 10. The molecule has 0 amide bonds. The van der Waals surface area contributed by atoms with Crippen molar-refractivity contribution in [3.63, 3.8) is 0 Å². The van der Waals surface area contributed by atoms with E-state index in [2.05, 4.69) is 9.97 Å². The van der Waals surface area contributed by atoms with Crippen LogP contribution in [0.1, 0.15) is 65.7 Å². The lowest BCUT2D eigenvalue weighted by Crippen LogP contribution is -2.42. The predicted molar refractivity (Wildman–Crippen MR) is 141 cm³/mol. The Balaban J connectivity index is 1.48. The standard InChI is InChI=1S/C30H25F6N5/c1-4-15-6-5-7-17-22-24(32)29(3,33)25-19(8-10-37-25)28(22,2)26-18-14-40(11-9-21(18)39-41(26)23(15)17)27-20(31)12-16(13-38-27)30(34,35)36/h5-8,10,12-13,37H,4,9,11,14H2,1-3H3. The molecule has 1 aromatic carbocycles. The van der Waals surface area contributed by atoms with E-state index in [1.165, 1.54) is 6.92 Å². The molecular formula is C30H25F6N5. The minimum Gasteiger partial charge on any atom is -0.362 e. The van der Waals surface area contributed by atoms with Crippen molar-refractivity contribution in [1.29, 1.82) is 0 Å². The van der Waals surface area contributed by atoms with Crippen molar-refractivity contribution in [3.05, 3.63) is 99.3 Å². The van der Waals surface area contributed by atoms with Gasteiger partial charge in [-0.05, 0) is 43.5 Å². The lowest BCUT2D eigenvalue weighted by molar-refractivity contribution is -0.138. The molecule has 41 heavy (non-hydrogen) atoms. The number of nitrogens with zero attached hydrogens (tertiary/aromatic N) is 4. The van der Waals surface area contributed by atoms with Gasteiger partial charge >= 0.3 is 6.18 Å². The summed E-state index contributed by atoms with van der Waals surface area (Å²) in [5.74, 6) is -2.18. The number of allylic oxidation sites excluding steroid dienone is 2. The van der Waals surface area contributed by atoms with Crippen LogP contribution in [-0.4, -0.2) is 26.3 Å². The number of H-pyrrole nitrogens is 1. The Morgan fingerprint density at radius 2 is 1.90 bits per heavy atom. The number of para-hydroxylation sites is 1. The number of hydrogen-bond acceptors (Lipinski definition) is 3. The third-order valence-corrected chi connectivity index (χ3v) is 8.82. The van der Waals surface area contributed by atoms with Crippen molar-refractivity contribution in [2.75, 3.05) is 11.4 Å². The third kappa shape index (κ3) is 3.31. The number of aromatic nitrogens is 4. The number of aryl methyl sites for hydroxylation is 1. The van der Waals surface area contributed by atoms with Gasteiger partial charge in [0.05, 0.1) is 33.7 Å². The monoisotopic (exact) mass is 569 g/mol. The van der Waals surface area contributed by atoms with Gasteiger partial charge in [0.2, 0.25) is 0 Å². The molecule has 3 aromatic heterocycles. The zero-order chi connectivity index (χ0) is 29.1. The Bertz CT molecular complexity index is 1780. The molecule has 0 saturated carbocycles. The summed E-state index contributed by atoms with van der Waals surface area (Å²) in [6.07, 6.45) is -1.53. The smallest absolute Gasteiger partial charge is 0.362 e. The van der Waals surface area contributed by atoms with E-state index < -0.39 is 34.5 Å². The molecule has 5 nitrogen and oxygen atoms in total. The molecule has 2 aliphatic heterocycles. The number of anilines is 1. The fourth-order valence-electron chi connectivity index (χ4n) is 6.88. The van der Waals surface area contributed by atoms with Gasteiger partial charge in [0.1, 0.15) is 5.83 Å². The van der Waals surface area contributed by atoms with E-state index in [1.807, 2.05) is 30.7 Å². The molecule has 2 unspecified atom stereocenters. The quantitative estimate of drug-likeness (QED) is 0.263. The Morgan fingerprint density at radius 3 is 2.61 bits per heavy atom. The SMILES string of the molecule is CCc1cccc2c1-n1nc3c(c1C1(C)C2=C(F)C(C)(F)c2[nH]ccc21)CN(c1ncc(C(F)(F)F)cc1F)CC3. The van der Waals surface area contributed by atoms with Gasteiger partial charge in [0.15, 0.2) is 17.3 Å². The molecule has 2 atom stereocenters. The molecule has 1 aliphatic carbocycles. The van der Waals surface area contributed by atoms with Gasteiger partial charge in [-0.2, -0.15) is 18.3 Å². The van der Waals surface area contributed by atoms with Gasteiger partial charge in [-0.1, -0.05) is 25.1 Å². The fraction of sp³-hybridized carbons (Fsp3) is 0.333. The van der Waals surface area contributed by atoms with Crippen molar-refractivity contribution < 1.29 is 26.3 Å². The highest BCUT2D eigenvalue weighted by atomic mass is 19.4. The molecule has 0 fully saturated rings. The van der Waals surface area contributed by atoms with Crippen molar-refractivity contribution >= 4 is 11.4 Å². The van der Waals surface area contributed by atoms with Crippen LogP contribution >= 0.6 is 0 Å². The van der Waals surface area contributed by atoms with Crippen LogP contribution < -0.4 is 4.90 Å². The maximum atomic E-state index is 16.5. The Kier molecular flexibility index (Phi) is 5.22.